The summed E-state index contributed by atoms with van der Waals surface area (Å²) in [5.41, 5.74) is 2.17. The van der Waals surface area contributed by atoms with Gasteiger partial charge in [-0.2, -0.15) is 0 Å². The molecule has 0 spiro atoms. The van der Waals surface area contributed by atoms with E-state index in [2.05, 4.69) is 11.8 Å². The molecule has 1 heteroatoms. The molecule has 0 heterocycles. The van der Waals surface area contributed by atoms with Crippen LogP contribution in [-0.4, -0.2) is 6.61 Å². The largest absolute Gasteiger partial charge is 0.493 e. The number of rotatable bonds is 2. The highest BCUT2D eigenvalue weighted by molar-refractivity contribution is 5.47. The Morgan fingerprint density at radius 2 is 2.15 bits per heavy atom. The molecular weight excluding hydrogens is 160 g/mol. The summed E-state index contributed by atoms with van der Waals surface area (Å²) in [6, 6.07) is 6.06. The zero-order valence-electron chi connectivity index (χ0n) is 8.35. The van der Waals surface area contributed by atoms with Crippen LogP contribution in [0.4, 0.5) is 0 Å². The summed E-state index contributed by atoms with van der Waals surface area (Å²) in [6.45, 7) is 6.54. The minimum absolute atomic E-state index is 0.682. The van der Waals surface area contributed by atoms with E-state index in [0.29, 0.717) is 6.61 Å². The van der Waals surface area contributed by atoms with Gasteiger partial charge in [0, 0.05) is 0 Å². The Bertz CT molecular complexity index is 342. The Kier molecular flexibility index (Phi) is 3.40. The van der Waals surface area contributed by atoms with Crippen LogP contribution in [0.2, 0.25) is 0 Å². The van der Waals surface area contributed by atoms with Crippen molar-refractivity contribution in [3.05, 3.63) is 29.3 Å². The van der Waals surface area contributed by atoms with Gasteiger partial charge in [-0.25, -0.2) is 0 Å². The van der Waals surface area contributed by atoms with Crippen LogP contribution in [0.5, 0.6) is 5.75 Å². The molecule has 1 aromatic rings. The molecule has 1 nitrogen and oxygen atoms in total. The van der Waals surface area contributed by atoms with Crippen LogP contribution in [0.3, 0.4) is 0 Å². The average Bonchev–Trinajstić information content (AvgIpc) is 2.10. The maximum atomic E-state index is 5.47. The second-order valence-corrected chi connectivity index (χ2v) is 2.81. The predicted octanol–water partition coefficient (Wildman–Crippen LogP) is 2.77. The van der Waals surface area contributed by atoms with Gasteiger partial charge in [0.15, 0.2) is 0 Å². The molecule has 68 valence electrons. The molecule has 0 radical (unpaired) electrons. The highest BCUT2D eigenvalue weighted by Crippen LogP contribution is 2.19. The molecule has 0 atom stereocenters. The van der Waals surface area contributed by atoms with Crippen molar-refractivity contribution in [1.82, 2.24) is 0 Å². The highest BCUT2D eigenvalue weighted by atomic mass is 16.5. The normalized spacial score (nSPS) is 8.85. The van der Waals surface area contributed by atoms with Crippen molar-refractivity contribution in [2.75, 3.05) is 6.61 Å². The van der Waals surface area contributed by atoms with Gasteiger partial charge < -0.3 is 4.74 Å². The molecular formula is C12H14O. The van der Waals surface area contributed by atoms with E-state index >= 15 is 0 Å². The van der Waals surface area contributed by atoms with Gasteiger partial charge in [-0.3, -0.25) is 0 Å². The molecule has 0 amide bonds. The molecule has 0 aliphatic carbocycles. The Hall–Kier alpha value is -1.42. The number of aryl methyl sites for hydroxylation is 1. The lowest BCUT2D eigenvalue weighted by Crippen LogP contribution is -1.94. The van der Waals surface area contributed by atoms with Crippen LogP contribution in [0, 0.1) is 18.8 Å². The molecule has 0 aliphatic rings. The second kappa shape index (κ2) is 4.57. The zero-order chi connectivity index (χ0) is 9.68. The Labute approximate surface area is 79.7 Å². The Morgan fingerprint density at radius 1 is 1.38 bits per heavy atom. The Balaban J connectivity index is 3.07. The van der Waals surface area contributed by atoms with E-state index in [1.165, 1.54) is 5.56 Å². The molecule has 0 fully saturated rings. The van der Waals surface area contributed by atoms with Crippen LogP contribution in [-0.2, 0) is 0 Å². The molecule has 13 heavy (non-hydrogen) atoms. The van der Waals surface area contributed by atoms with Crippen molar-refractivity contribution in [1.29, 1.82) is 0 Å². The predicted molar refractivity (Wildman–Crippen MR) is 54.9 cm³/mol. The number of benzene rings is 1. The third-order valence-corrected chi connectivity index (χ3v) is 1.70. The summed E-state index contributed by atoms with van der Waals surface area (Å²) in [5.74, 6) is 6.77. The topological polar surface area (TPSA) is 9.23 Å². The minimum atomic E-state index is 0.682. The van der Waals surface area contributed by atoms with E-state index in [1.54, 1.807) is 0 Å². The first-order valence-corrected chi connectivity index (χ1v) is 4.44. The van der Waals surface area contributed by atoms with Crippen molar-refractivity contribution >= 4 is 0 Å². The average molecular weight is 174 g/mol. The minimum Gasteiger partial charge on any atom is -0.493 e. The third kappa shape index (κ3) is 2.52. The van der Waals surface area contributed by atoms with Gasteiger partial charge >= 0.3 is 0 Å². The first kappa shape index (κ1) is 9.67. The van der Waals surface area contributed by atoms with E-state index < -0.39 is 0 Å². The standard InChI is InChI=1S/C12H14O/c1-4-6-11-8-7-10(3)9-12(11)13-5-2/h7-9H,5H2,1-3H3. The summed E-state index contributed by atoms with van der Waals surface area (Å²) in [5, 5.41) is 0. The molecule has 0 aromatic heterocycles. The molecule has 0 saturated carbocycles. The van der Waals surface area contributed by atoms with Crippen molar-refractivity contribution in [2.45, 2.75) is 20.8 Å². The monoisotopic (exact) mass is 174 g/mol. The van der Waals surface area contributed by atoms with Gasteiger partial charge in [0.05, 0.1) is 12.2 Å². The summed E-state index contributed by atoms with van der Waals surface area (Å²) >= 11 is 0. The van der Waals surface area contributed by atoms with Crippen LogP contribution in [0.1, 0.15) is 25.0 Å². The summed E-state index contributed by atoms with van der Waals surface area (Å²) in [6.07, 6.45) is 0. The van der Waals surface area contributed by atoms with Gasteiger partial charge in [-0.15, -0.1) is 5.92 Å². The fourth-order valence-corrected chi connectivity index (χ4v) is 1.14. The van der Waals surface area contributed by atoms with Crippen molar-refractivity contribution in [3.63, 3.8) is 0 Å². The van der Waals surface area contributed by atoms with Crippen LogP contribution in [0.15, 0.2) is 18.2 Å². The summed E-state index contributed by atoms with van der Waals surface area (Å²) < 4.78 is 5.47. The molecule has 0 saturated heterocycles. The van der Waals surface area contributed by atoms with E-state index in [-0.39, 0.29) is 0 Å². The van der Waals surface area contributed by atoms with E-state index in [9.17, 15) is 0 Å². The molecule has 0 unspecified atom stereocenters. The van der Waals surface area contributed by atoms with Crippen molar-refractivity contribution < 1.29 is 4.74 Å². The fraction of sp³-hybridized carbons (Fsp3) is 0.333. The zero-order valence-corrected chi connectivity index (χ0v) is 8.35. The van der Waals surface area contributed by atoms with Crippen molar-refractivity contribution in [2.24, 2.45) is 0 Å². The number of hydrogen-bond acceptors (Lipinski definition) is 1. The molecule has 1 rings (SSSR count). The number of hydrogen-bond donors (Lipinski definition) is 0. The van der Waals surface area contributed by atoms with Gasteiger partial charge in [-0.1, -0.05) is 12.0 Å². The summed E-state index contributed by atoms with van der Waals surface area (Å²) in [4.78, 5) is 0. The first-order valence-electron chi connectivity index (χ1n) is 4.44. The lowest BCUT2D eigenvalue weighted by atomic mass is 10.1. The van der Waals surface area contributed by atoms with E-state index in [1.807, 2.05) is 39.0 Å². The number of ether oxygens (including phenoxy) is 1. The highest BCUT2D eigenvalue weighted by Gasteiger charge is 1.99. The van der Waals surface area contributed by atoms with Crippen LogP contribution in [0.25, 0.3) is 0 Å². The molecule has 0 bridgehead atoms. The second-order valence-electron chi connectivity index (χ2n) is 2.81. The van der Waals surface area contributed by atoms with Gasteiger partial charge in [0.25, 0.3) is 0 Å². The lowest BCUT2D eigenvalue weighted by molar-refractivity contribution is 0.339. The maximum absolute atomic E-state index is 5.47. The van der Waals surface area contributed by atoms with Gasteiger partial charge in [0.1, 0.15) is 5.75 Å². The summed E-state index contributed by atoms with van der Waals surface area (Å²) in [7, 11) is 0. The van der Waals surface area contributed by atoms with Crippen LogP contribution >= 0.6 is 0 Å². The molecule has 0 N–H and O–H groups in total. The third-order valence-electron chi connectivity index (χ3n) is 1.70. The lowest BCUT2D eigenvalue weighted by Gasteiger charge is -2.06. The SMILES string of the molecule is CC#Cc1ccc(C)cc1OCC. The smallest absolute Gasteiger partial charge is 0.135 e. The first-order chi connectivity index (χ1) is 6.27. The van der Waals surface area contributed by atoms with Gasteiger partial charge in [-0.05, 0) is 38.5 Å². The van der Waals surface area contributed by atoms with E-state index in [0.717, 1.165) is 11.3 Å². The fourth-order valence-electron chi connectivity index (χ4n) is 1.14. The molecule has 0 aliphatic heterocycles. The van der Waals surface area contributed by atoms with E-state index in [4.69, 9.17) is 4.74 Å². The van der Waals surface area contributed by atoms with Crippen molar-refractivity contribution in [3.8, 4) is 17.6 Å². The molecule has 1 aromatic carbocycles. The van der Waals surface area contributed by atoms with Gasteiger partial charge in [0.2, 0.25) is 0 Å². The maximum Gasteiger partial charge on any atom is 0.135 e. The Morgan fingerprint density at radius 3 is 2.77 bits per heavy atom. The quantitative estimate of drug-likeness (QED) is 0.626. The van der Waals surface area contributed by atoms with Crippen LogP contribution < -0.4 is 4.74 Å².